The Morgan fingerprint density at radius 2 is 1.96 bits per heavy atom. The number of fused-ring (bicyclic) bond motifs is 1. The number of hydrogen-bond acceptors (Lipinski definition) is 6. The first-order chi connectivity index (χ1) is 12.5. The van der Waals surface area contributed by atoms with Crippen LogP contribution in [0.25, 0.3) is 0 Å². The Balaban J connectivity index is 2.03. The zero-order valence-electron chi connectivity index (χ0n) is 15.0. The third-order valence-electron chi connectivity index (χ3n) is 4.71. The zero-order chi connectivity index (χ0) is 18.9. The molecule has 1 aliphatic carbocycles. The van der Waals surface area contributed by atoms with Gasteiger partial charge in [-0.1, -0.05) is 23.8 Å². The molecule has 0 bridgehead atoms. The highest BCUT2D eigenvalue weighted by molar-refractivity contribution is 7.87. The summed E-state index contributed by atoms with van der Waals surface area (Å²) in [7, 11) is -1.70. The molecule has 4 atom stereocenters. The maximum absolute atomic E-state index is 13.4. The smallest absolute Gasteiger partial charge is 0.334 e. The molecule has 7 heteroatoms. The SMILES string of the molecule is CCOC(=O)C1=CC[C@@]2(S(=O)c3ccc(C)cc3)C(=O)O[C@H](OCC)[C@@H]12. The van der Waals surface area contributed by atoms with E-state index in [1.54, 1.807) is 32.1 Å². The van der Waals surface area contributed by atoms with Gasteiger partial charge in [-0.25, -0.2) is 4.79 Å². The third-order valence-corrected chi connectivity index (χ3v) is 6.66. The highest BCUT2D eigenvalue weighted by Crippen LogP contribution is 2.51. The minimum absolute atomic E-state index is 0.148. The fourth-order valence-electron chi connectivity index (χ4n) is 3.47. The van der Waals surface area contributed by atoms with Crippen molar-refractivity contribution >= 4 is 22.7 Å². The molecule has 1 unspecified atom stereocenters. The van der Waals surface area contributed by atoms with Crippen molar-refractivity contribution in [2.75, 3.05) is 13.2 Å². The molecule has 140 valence electrons. The summed E-state index contributed by atoms with van der Waals surface area (Å²) in [6.45, 7) is 5.93. The van der Waals surface area contributed by atoms with Crippen LogP contribution in [-0.2, 0) is 34.6 Å². The van der Waals surface area contributed by atoms with Gasteiger partial charge in [0.15, 0.2) is 4.75 Å². The van der Waals surface area contributed by atoms with E-state index in [2.05, 4.69) is 0 Å². The molecule has 0 N–H and O–H groups in total. The van der Waals surface area contributed by atoms with E-state index in [0.717, 1.165) is 5.56 Å². The van der Waals surface area contributed by atoms with Gasteiger partial charge in [-0.05, 0) is 39.3 Å². The number of carbonyl (C=O) groups is 2. The molecule has 1 heterocycles. The van der Waals surface area contributed by atoms with Gasteiger partial charge in [-0.2, -0.15) is 0 Å². The third kappa shape index (κ3) is 2.89. The highest BCUT2D eigenvalue weighted by atomic mass is 32.2. The van der Waals surface area contributed by atoms with Crippen LogP contribution < -0.4 is 0 Å². The molecule has 1 saturated heterocycles. The molecule has 0 saturated carbocycles. The lowest BCUT2D eigenvalue weighted by atomic mass is 9.92. The topological polar surface area (TPSA) is 78.9 Å². The molecular formula is C19H22O6S. The molecule has 26 heavy (non-hydrogen) atoms. The predicted octanol–water partition coefficient (Wildman–Crippen LogP) is 2.27. The van der Waals surface area contributed by atoms with Gasteiger partial charge in [0.1, 0.15) is 0 Å². The summed E-state index contributed by atoms with van der Waals surface area (Å²) in [5, 5.41) is 0. The first-order valence-corrected chi connectivity index (χ1v) is 9.79. The summed E-state index contributed by atoms with van der Waals surface area (Å²) in [5.41, 5.74) is 1.33. The van der Waals surface area contributed by atoms with Crippen molar-refractivity contribution in [3.8, 4) is 0 Å². The molecule has 1 aromatic rings. The van der Waals surface area contributed by atoms with E-state index in [9.17, 15) is 13.8 Å². The Morgan fingerprint density at radius 1 is 1.27 bits per heavy atom. The normalized spacial score (nSPS) is 28.3. The first-order valence-electron chi connectivity index (χ1n) is 8.64. The molecule has 0 radical (unpaired) electrons. The fourth-order valence-corrected chi connectivity index (χ4v) is 5.18. The maximum Gasteiger partial charge on any atom is 0.334 e. The van der Waals surface area contributed by atoms with Gasteiger partial charge in [0.05, 0.1) is 23.3 Å². The van der Waals surface area contributed by atoms with Crippen LogP contribution >= 0.6 is 0 Å². The Hall–Kier alpha value is -1.99. The molecule has 1 aliphatic heterocycles. The summed E-state index contributed by atoms with van der Waals surface area (Å²) >= 11 is 0. The Labute approximate surface area is 155 Å². The number of allylic oxidation sites excluding steroid dienone is 1. The number of esters is 2. The van der Waals surface area contributed by atoms with Gasteiger partial charge in [-0.3, -0.25) is 9.00 Å². The van der Waals surface area contributed by atoms with E-state index in [0.29, 0.717) is 17.1 Å². The first kappa shape index (κ1) is 18.8. The fraction of sp³-hybridized carbons (Fsp3) is 0.474. The Morgan fingerprint density at radius 3 is 2.58 bits per heavy atom. The monoisotopic (exact) mass is 378 g/mol. The summed E-state index contributed by atoms with van der Waals surface area (Å²) in [5.74, 6) is -1.88. The molecule has 3 rings (SSSR count). The van der Waals surface area contributed by atoms with E-state index in [-0.39, 0.29) is 13.0 Å². The number of rotatable bonds is 6. The van der Waals surface area contributed by atoms with Gasteiger partial charge in [-0.15, -0.1) is 0 Å². The summed E-state index contributed by atoms with van der Waals surface area (Å²) in [6, 6.07) is 7.16. The number of cyclic esters (lactones) is 1. The lowest BCUT2D eigenvalue weighted by Gasteiger charge is -2.26. The lowest BCUT2D eigenvalue weighted by molar-refractivity contribution is -0.166. The van der Waals surface area contributed by atoms with E-state index >= 15 is 0 Å². The minimum Gasteiger partial charge on any atom is -0.463 e. The van der Waals surface area contributed by atoms with Gasteiger partial charge in [0, 0.05) is 17.1 Å². The quantitative estimate of drug-likeness (QED) is 0.707. The molecule has 0 amide bonds. The maximum atomic E-state index is 13.4. The van der Waals surface area contributed by atoms with Crippen LogP contribution in [0.2, 0.25) is 0 Å². The van der Waals surface area contributed by atoms with Crippen LogP contribution in [0, 0.1) is 12.8 Å². The molecule has 1 aromatic carbocycles. The summed E-state index contributed by atoms with van der Waals surface area (Å²) in [6.07, 6.45) is 0.843. The molecule has 0 spiro atoms. The Kier molecular flexibility index (Phi) is 5.29. The largest absolute Gasteiger partial charge is 0.463 e. The van der Waals surface area contributed by atoms with Crippen molar-refractivity contribution in [3.63, 3.8) is 0 Å². The van der Waals surface area contributed by atoms with Crippen LogP contribution in [0.5, 0.6) is 0 Å². The van der Waals surface area contributed by atoms with Gasteiger partial charge < -0.3 is 14.2 Å². The molecule has 0 aromatic heterocycles. The van der Waals surface area contributed by atoms with Crippen LogP contribution in [0.4, 0.5) is 0 Å². The number of carbonyl (C=O) groups excluding carboxylic acids is 2. The van der Waals surface area contributed by atoms with E-state index in [1.165, 1.54) is 0 Å². The number of hydrogen-bond donors (Lipinski definition) is 0. The van der Waals surface area contributed by atoms with Crippen molar-refractivity contribution in [3.05, 3.63) is 41.5 Å². The van der Waals surface area contributed by atoms with Crippen LogP contribution in [-0.4, -0.2) is 40.4 Å². The molecular weight excluding hydrogens is 356 g/mol. The van der Waals surface area contributed by atoms with E-state index < -0.39 is 39.7 Å². The Bertz CT molecular complexity index is 769. The van der Waals surface area contributed by atoms with Gasteiger partial charge in [0.2, 0.25) is 6.29 Å². The van der Waals surface area contributed by atoms with Crippen molar-refractivity contribution < 1.29 is 28.0 Å². The van der Waals surface area contributed by atoms with Crippen molar-refractivity contribution in [1.29, 1.82) is 0 Å². The summed E-state index contributed by atoms with van der Waals surface area (Å²) < 4.78 is 28.1. The number of aryl methyl sites for hydroxylation is 1. The second-order valence-electron chi connectivity index (χ2n) is 6.26. The molecule has 6 nitrogen and oxygen atoms in total. The van der Waals surface area contributed by atoms with Crippen LogP contribution in [0.15, 0.2) is 40.8 Å². The standard InChI is InChI=1S/C19H22O6S/c1-4-23-16(20)14-10-11-19(15(14)17(24-5-2)25-18(19)21)26(22)13-8-6-12(3)7-9-13/h6-10,15,17H,4-5,11H2,1-3H3/t15-,17+,19+,26?/m1/s1. The van der Waals surface area contributed by atoms with Crippen molar-refractivity contribution in [1.82, 2.24) is 0 Å². The van der Waals surface area contributed by atoms with Gasteiger partial charge in [0.25, 0.3) is 0 Å². The zero-order valence-corrected chi connectivity index (χ0v) is 15.8. The number of ether oxygens (including phenoxy) is 3. The van der Waals surface area contributed by atoms with E-state index in [4.69, 9.17) is 14.2 Å². The molecule has 2 aliphatic rings. The van der Waals surface area contributed by atoms with Crippen molar-refractivity contribution in [2.45, 2.75) is 43.1 Å². The number of benzene rings is 1. The summed E-state index contributed by atoms with van der Waals surface area (Å²) in [4.78, 5) is 25.7. The van der Waals surface area contributed by atoms with Crippen molar-refractivity contribution in [2.24, 2.45) is 5.92 Å². The minimum atomic E-state index is -1.70. The second-order valence-corrected chi connectivity index (χ2v) is 8.00. The average Bonchev–Trinajstić information content (AvgIpc) is 3.14. The van der Waals surface area contributed by atoms with Crippen LogP contribution in [0.3, 0.4) is 0 Å². The average molecular weight is 378 g/mol. The lowest BCUT2D eigenvalue weighted by Crippen LogP contribution is -2.45. The van der Waals surface area contributed by atoms with Gasteiger partial charge >= 0.3 is 11.9 Å². The van der Waals surface area contributed by atoms with E-state index in [1.807, 2.05) is 19.1 Å². The predicted molar refractivity (Wildman–Crippen MR) is 94.6 cm³/mol. The highest BCUT2D eigenvalue weighted by Gasteiger charge is 2.66. The molecule has 1 fully saturated rings. The second kappa shape index (κ2) is 7.32. The van der Waals surface area contributed by atoms with Crippen LogP contribution in [0.1, 0.15) is 25.8 Å².